The zero-order valence-corrected chi connectivity index (χ0v) is 18.8. The van der Waals surface area contributed by atoms with Crippen LogP contribution in [0.2, 0.25) is 0 Å². The standard InChI is InChI=1S/C24H22F2N10/c25-17-7-3-1-5-15(17)19-31-21(27)35-23(33-19)29-13-9-11-14(12-10-13)30-24-34-20(32-22(28)36-24)16-6-2-4-8-18(16)26/h1-12,19-20H,(H4,27,29,31,33,35)(H4,28,30,32,34,36). The molecule has 8 N–H and O–H groups in total. The minimum Gasteiger partial charge on any atom is -0.370 e. The van der Waals surface area contributed by atoms with Gasteiger partial charge in [0, 0.05) is 22.5 Å². The Hall–Kier alpha value is -5.00. The van der Waals surface area contributed by atoms with Crippen LogP contribution in [0.25, 0.3) is 0 Å². The largest absolute Gasteiger partial charge is 0.370 e. The molecule has 0 fully saturated rings. The van der Waals surface area contributed by atoms with Crippen LogP contribution in [0, 0.1) is 11.6 Å². The summed E-state index contributed by atoms with van der Waals surface area (Å²) in [6.07, 6.45) is -1.61. The van der Waals surface area contributed by atoms with Crippen molar-refractivity contribution in [3.8, 4) is 0 Å². The van der Waals surface area contributed by atoms with Gasteiger partial charge >= 0.3 is 0 Å². The van der Waals surface area contributed by atoms with Crippen LogP contribution in [-0.2, 0) is 0 Å². The topological polar surface area (TPSA) is 150 Å². The molecule has 2 unspecified atom stereocenters. The van der Waals surface area contributed by atoms with E-state index in [2.05, 4.69) is 41.2 Å². The third-order valence-electron chi connectivity index (χ3n) is 5.30. The van der Waals surface area contributed by atoms with Crippen LogP contribution < -0.4 is 32.7 Å². The van der Waals surface area contributed by atoms with Gasteiger partial charge in [0.2, 0.25) is 11.9 Å². The first-order valence-corrected chi connectivity index (χ1v) is 10.9. The molecule has 5 rings (SSSR count). The summed E-state index contributed by atoms with van der Waals surface area (Å²) in [6, 6.07) is 19.7. The predicted octanol–water partition coefficient (Wildman–Crippen LogP) is 2.73. The van der Waals surface area contributed by atoms with E-state index in [9.17, 15) is 8.78 Å². The van der Waals surface area contributed by atoms with Crippen LogP contribution in [0.1, 0.15) is 23.5 Å². The van der Waals surface area contributed by atoms with Gasteiger partial charge < -0.3 is 22.1 Å². The maximum absolute atomic E-state index is 14.2. The lowest BCUT2D eigenvalue weighted by molar-refractivity contribution is 0.586. The number of aliphatic imine (C=N–C) groups is 4. The number of guanidine groups is 4. The Balaban J connectivity index is 1.28. The first-order valence-electron chi connectivity index (χ1n) is 10.9. The minimum absolute atomic E-state index is 0.115. The number of nitrogens with one attached hydrogen (secondary N) is 4. The lowest BCUT2D eigenvalue weighted by atomic mass is 10.1. The molecule has 0 aromatic heterocycles. The maximum atomic E-state index is 14.2. The highest BCUT2D eigenvalue weighted by atomic mass is 19.1. The highest BCUT2D eigenvalue weighted by Gasteiger charge is 2.21. The fourth-order valence-electron chi connectivity index (χ4n) is 3.62. The van der Waals surface area contributed by atoms with Crippen LogP contribution in [0.15, 0.2) is 92.8 Å². The van der Waals surface area contributed by atoms with Crippen molar-refractivity contribution in [3.63, 3.8) is 0 Å². The van der Waals surface area contributed by atoms with E-state index in [0.717, 1.165) is 0 Å². The van der Waals surface area contributed by atoms with Crippen molar-refractivity contribution in [2.75, 3.05) is 10.6 Å². The number of nitrogens with zero attached hydrogens (tertiary/aromatic N) is 4. The summed E-state index contributed by atoms with van der Waals surface area (Å²) in [7, 11) is 0. The summed E-state index contributed by atoms with van der Waals surface area (Å²) < 4.78 is 28.4. The normalized spacial score (nSPS) is 19.1. The Bertz CT molecular complexity index is 1290. The van der Waals surface area contributed by atoms with Crippen molar-refractivity contribution in [1.29, 1.82) is 0 Å². The van der Waals surface area contributed by atoms with Gasteiger partial charge in [0.1, 0.15) is 11.6 Å². The number of nitrogens with two attached hydrogens (primary N) is 2. The predicted molar refractivity (Wildman–Crippen MR) is 136 cm³/mol. The molecule has 0 radical (unpaired) electrons. The van der Waals surface area contributed by atoms with Crippen molar-refractivity contribution >= 4 is 35.2 Å². The van der Waals surface area contributed by atoms with Crippen molar-refractivity contribution < 1.29 is 8.78 Å². The number of anilines is 2. The molecular formula is C24H22F2N10. The molecule has 0 amide bonds. The summed E-state index contributed by atoms with van der Waals surface area (Å²) >= 11 is 0. The number of hydrogen-bond donors (Lipinski definition) is 6. The molecule has 0 aliphatic carbocycles. The van der Waals surface area contributed by atoms with E-state index in [1.54, 1.807) is 60.7 Å². The van der Waals surface area contributed by atoms with E-state index in [4.69, 9.17) is 11.5 Å². The van der Waals surface area contributed by atoms with E-state index >= 15 is 0 Å². The van der Waals surface area contributed by atoms with E-state index in [-0.39, 0.29) is 11.9 Å². The summed E-state index contributed by atoms with van der Waals surface area (Å²) in [4.78, 5) is 17.2. The first-order chi connectivity index (χ1) is 17.4. The van der Waals surface area contributed by atoms with Crippen molar-refractivity contribution in [2.24, 2.45) is 31.4 Å². The SMILES string of the molecule is NC1=NC(c2ccccc2F)N=C(Nc2ccc(NC3=NC(c4ccccc4F)N=C(N)N3)cc2)N1. The third kappa shape index (κ3) is 5.06. The smallest absolute Gasteiger partial charge is 0.205 e. The van der Waals surface area contributed by atoms with E-state index in [0.29, 0.717) is 34.4 Å². The Labute approximate surface area is 205 Å². The molecular weight excluding hydrogens is 466 g/mol. The van der Waals surface area contributed by atoms with Crippen molar-refractivity contribution in [3.05, 3.63) is 95.6 Å². The summed E-state index contributed by atoms with van der Waals surface area (Å²) in [5.74, 6) is 0.0504. The van der Waals surface area contributed by atoms with Gasteiger partial charge in [-0.25, -0.2) is 28.8 Å². The molecule has 182 valence electrons. The fraction of sp³-hybridized carbons (Fsp3) is 0.0833. The third-order valence-corrected chi connectivity index (χ3v) is 5.30. The van der Waals surface area contributed by atoms with Crippen LogP contribution in [0.5, 0.6) is 0 Å². The van der Waals surface area contributed by atoms with E-state index in [1.165, 1.54) is 12.1 Å². The van der Waals surface area contributed by atoms with E-state index in [1.807, 2.05) is 0 Å². The lowest BCUT2D eigenvalue weighted by Crippen LogP contribution is -2.44. The molecule has 0 saturated carbocycles. The van der Waals surface area contributed by atoms with Gasteiger partial charge in [-0.05, 0) is 36.4 Å². The van der Waals surface area contributed by atoms with Gasteiger partial charge in [-0.3, -0.25) is 10.6 Å². The highest BCUT2D eigenvalue weighted by molar-refractivity contribution is 6.07. The molecule has 2 aliphatic rings. The Kier molecular flexibility index (Phi) is 6.14. The van der Waals surface area contributed by atoms with Crippen LogP contribution in [-0.4, -0.2) is 23.8 Å². The zero-order chi connectivity index (χ0) is 25.1. The minimum atomic E-state index is -0.805. The number of rotatable bonds is 4. The van der Waals surface area contributed by atoms with Gasteiger partial charge in [-0.1, -0.05) is 36.4 Å². The van der Waals surface area contributed by atoms with Gasteiger partial charge in [-0.15, -0.1) is 0 Å². The number of halogens is 2. The van der Waals surface area contributed by atoms with Crippen LogP contribution in [0.4, 0.5) is 20.2 Å². The zero-order valence-electron chi connectivity index (χ0n) is 18.8. The van der Waals surface area contributed by atoms with Gasteiger partial charge in [-0.2, -0.15) is 0 Å². The Morgan fingerprint density at radius 3 is 1.36 bits per heavy atom. The average Bonchev–Trinajstić information content (AvgIpc) is 2.85. The molecule has 12 heteroatoms. The number of hydrogen-bond acceptors (Lipinski definition) is 10. The summed E-state index contributed by atoms with van der Waals surface area (Å²) in [6.45, 7) is 0. The molecule has 0 spiro atoms. The lowest BCUT2D eigenvalue weighted by Gasteiger charge is -2.21. The second-order valence-electron chi connectivity index (χ2n) is 7.85. The molecule has 3 aromatic rings. The summed E-state index contributed by atoms with van der Waals surface area (Å²) in [5, 5.41) is 11.9. The molecule has 2 heterocycles. The first kappa shape index (κ1) is 22.8. The van der Waals surface area contributed by atoms with Gasteiger partial charge in [0.05, 0.1) is 0 Å². The molecule has 0 saturated heterocycles. The molecule has 0 bridgehead atoms. The monoisotopic (exact) mass is 488 g/mol. The van der Waals surface area contributed by atoms with Crippen molar-refractivity contribution in [1.82, 2.24) is 10.6 Å². The van der Waals surface area contributed by atoms with Crippen LogP contribution in [0.3, 0.4) is 0 Å². The molecule has 36 heavy (non-hydrogen) atoms. The molecule has 2 aliphatic heterocycles. The molecule has 10 nitrogen and oxygen atoms in total. The van der Waals surface area contributed by atoms with Gasteiger partial charge in [0.25, 0.3) is 0 Å². The molecule has 2 atom stereocenters. The Morgan fingerprint density at radius 2 is 0.972 bits per heavy atom. The molecule has 3 aromatic carbocycles. The second kappa shape index (κ2) is 9.70. The Morgan fingerprint density at radius 1 is 0.583 bits per heavy atom. The van der Waals surface area contributed by atoms with Gasteiger partial charge in [0.15, 0.2) is 24.3 Å². The second-order valence-corrected chi connectivity index (χ2v) is 7.85. The van der Waals surface area contributed by atoms with Crippen LogP contribution >= 0.6 is 0 Å². The van der Waals surface area contributed by atoms with E-state index < -0.39 is 24.0 Å². The maximum Gasteiger partial charge on any atom is 0.205 e. The average molecular weight is 489 g/mol. The van der Waals surface area contributed by atoms with Crippen molar-refractivity contribution in [2.45, 2.75) is 12.3 Å². The highest BCUT2D eigenvalue weighted by Crippen LogP contribution is 2.25. The quantitative estimate of drug-likeness (QED) is 0.333. The summed E-state index contributed by atoms with van der Waals surface area (Å²) in [5.41, 5.74) is 13.8. The fourth-order valence-corrected chi connectivity index (χ4v) is 3.62. The number of benzene rings is 3.